The SMILES string of the molecule is Cc1c(S(=O)(=O)N2CCCC2)cc(C(=O)Nc2ccc(F)cc2Cl)n1C. The lowest BCUT2D eigenvalue weighted by atomic mass is 10.3. The molecule has 1 saturated heterocycles. The predicted molar refractivity (Wildman–Crippen MR) is 97.5 cm³/mol. The van der Waals surface area contributed by atoms with Gasteiger partial charge in [-0.2, -0.15) is 4.31 Å². The molecule has 2 aromatic rings. The standard InChI is InChI=1S/C17H19ClFN3O3S/c1-11-16(26(24,25)22-7-3-4-8-22)10-15(21(11)2)17(23)20-14-6-5-12(19)9-13(14)18/h5-6,9-10H,3-4,7-8H2,1-2H3,(H,20,23). The first kappa shape index (κ1) is 18.9. The van der Waals surface area contributed by atoms with E-state index in [1.165, 1.54) is 27.1 Å². The number of hydrogen-bond acceptors (Lipinski definition) is 3. The Balaban J connectivity index is 1.92. The van der Waals surface area contributed by atoms with Gasteiger partial charge in [-0.25, -0.2) is 12.8 Å². The van der Waals surface area contributed by atoms with Crippen LogP contribution in [0, 0.1) is 12.7 Å². The molecule has 6 nitrogen and oxygen atoms in total. The van der Waals surface area contributed by atoms with Crippen LogP contribution in [-0.4, -0.2) is 36.3 Å². The van der Waals surface area contributed by atoms with Gasteiger partial charge < -0.3 is 9.88 Å². The predicted octanol–water partition coefficient (Wildman–Crippen LogP) is 3.16. The highest BCUT2D eigenvalue weighted by molar-refractivity contribution is 7.89. The van der Waals surface area contributed by atoms with Gasteiger partial charge in [0.25, 0.3) is 5.91 Å². The molecular formula is C17H19ClFN3O3S. The molecule has 1 N–H and O–H groups in total. The Morgan fingerprint density at radius 2 is 1.88 bits per heavy atom. The van der Waals surface area contributed by atoms with Gasteiger partial charge in [-0.3, -0.25) is 4.79 Å². The lowest BCUT2D eigenvalue weighted by Crippen LogP contribution is -2.28. The van der Waals surface area contributed by atoms with Crippen molar-refractivity contribution >= 4 is 33.2 Å². The van der Waals surface area contributed by atoms with Crippen LogP contribution in [0.1, 0.15) is 29.0 Å². The van der Waals surface area contributed by atoms with Crippen LogP contribution < -0.4 is 5.32 Å². The summed E-state index contributed by atoms with van der Waals surface area (Å²) in [4.78, 5) is 12.7. The highest BCUT2D eigenvalue weighted by Crippen LogP contribution is 2.27. The number of benzene rings is 1. The van der Waals surface area contributed by atoms with Crippen LogP contribution in [0.25, 0.3) is 0 Å². The summed E-state index contributed by atoms with van der Waals surface area (Å²) in [7, 11) is -2.01. The van der Waals surface area contributed by atoms with Crippen LogP contribution in [-0.2, 0) is 17.1 Å². The third-order valence-electron chi connectivity index (χ3n) is 4.58. The zero-order valence-corrected chi connectivity index (χ0v) is 16.0. The average molecular weight is 400 g/mol. The number of nitrogens with one attached hydrogen (secondary N) is 1. The molecule has 0 atom stereocenters. The second kappa shape index (κ2) is 7.02. The van der Waals surface area contributed by atoms with Gasteiger partial charge in [0, 0.05) is 25.8 Å². The largest absolute Gasteiger partial charge is 0.343 e. The number of aromatic nitrogens is 1. The van der Waals surface area contributed by atoms with Crippen molar-refractivity contribution < 1.29 is 17.6 Å². The summed E-state index contributed by atoms with van der Waals surface area (Å²) in [6, 6.07) is 5.00. The van der Waals surface area contributed by atoms with E-state index in [1.54, 1.807) is 14.0 Å². The van der Waals surface area contributed by atoms with E-state index in [1.807, 2.05) is 0 Å². The number of anilines is 1. The average Bonchev–Trinajstić information content (AvgIpc) is 3.21. The molecule has 0 aliphatic carbocycles. The van der Waals surface area contributed by atoms with Crippen LogP contribution in [0.4, 0.5) is 10.1 Å². The van der Waals surface area contributed by atoms with E-state index in [4.69, 9.17) is 11.6 Å². The molecule has 26 heavy (non-hydrogen) atoms. The summed E-state index contributed by atoms with van der Waals surface area (Å²) in [5.74, 6) is -1.03. The van der Waals surface area contributed by atoms with Crippen molar-refractivity contribution in [1.29, 1.82) is 0 Å². The third-order valence-corrected chi connectivity index (χ3v) is 6.91. The molecule has 140 valence electrons. The topological polar surface area (TPSA) is 71.4 Å². The second-order valence-electron chi connectivity index (χ2n) is 6.23. The Kier molecular flexibility index (Phi) is 5.09. The van der Waals surface area contributed by atoms with E-state index in [0.717, 1.165) is 18.9 Å². The van der Waals surface area contributed by atoms with Crippen molar-refractivity contribution in [2.45, 2.75) is 24.7 Å². The minimum Gasteiger partial charge on any atom is -0.343 e. The van der Waals surface area contributed by atoms with Crippen molar-refractivity contribution in [3.63, 3.8) is 0 Å². The monoisotopic (exact) mass is 399 g/mol. The van der Waals surface area contributed by atoms with E-state index in [0.29, 0.717) is 18.8 Å². The summed E-state index contributed by atoms with van der Waals surface area (Å²) >= 11 is 5.93. The minimum absolute atomic E-state index is 0.0641. The number of nitrogens with zero attached hydrogens (tertiary/aromatic N) is 2. The maximum atomic E-state index is 13.1. The third kappa shape index (κ3) is 3.36. The molecule has 1 amide bonds. The highest BCUT2D eigenvalue weighted by Gasteiger charge is 2.31. The van der Waals surface area contributed by atoms with Crippen LogP contribution in [0.5, 0.6) is 0 Å². The summed E-state index contributed by atoms with van der Waals surface area (Å²) in [5.41, 5.74) is 0.911. The van der Waals surface area contributed by atoms with Gasteiger partial charge in [-0.05, 0) is 44.0 Å². The summed E-state index contributed by atoms with van der Waals surface area (Å²) in [6.45, 7) is 2.64. The maximum Gasteiger partial charge on any atom is 0.272 e. The number of carbonyl (C=O) groups is 1. The van der Waals surface area contributed by atoms with Crippen molar-refractivity contribution in [2.75, 3.05) is 18.4 Å². The fraction of sp³-hybridized carbons (Fsp3) is 0.353. The molecule has 0 unspecified atom stereocenters. The van der Waals surface area contributed by atoms with Gasteiger partial charge in [0.1, 0.15) is 16.4 Å². The number of amides is 1. The number of carbonyl (C=O) groups excluding carboxylic acids is 1. The Hall–Kier alpha value is -1.90. The zero-order chi connectivity index (χ0) is 19.1. The first-order chi connectivity index (χ1) is 12.2. The highest BCUT2D eigenvalue weighted by atomic mass is 35.5. The molecule has 0 saturated carbocycles. The lowest BCUT2D eigenvalue weighted by molar-refractivity contribution is 0.101. The Morgan fingerprint density at radius 1 is 1.23 bits per heavy atom. The Bertz CT molecular complexity index is 966. The number of hydrogen-bond donors (Lipinski definition) is 1. The molecular weight excluding hydrogens is 381 g/mol. The van der Waals surface area contributed by atoms with Gasteiger partial charge in [0.2, 0.25) is 10.0 Å². The molecule has 0 bridgehead atoms. The van der Waals surface area contributed by atoms with Crippen molar-refractivity contribution in [2.24, 2.45) is 7.05 Å². The number of sulfonamides is 1. The van der Waals surface area contributed by atoms with E-state index < -0.39 is 21.7 Å². The summed E-state index contributed by atoms with van der Waals surface area (Å²) in [5, 5.41) is 2.65. The Labute approximate surface area is 156 Å². The summed E-state index contributed by atoms with van der Waals surface area (Å²) < 4.78 is 41.7. The van der Waals surface area contributed by atoms with Crippen LogP contribution in [0.3, 0.4) is 0 Å². The molecule has 1 aliphatic rings. The van der Waals surface area contributed by atoms with Crippen molar-refractivity contribution in [3.05, 3.63) is 46.5 Å². The molecule has 1 aromatic carbocycles. The molecule has 1 aromatic heterocycles. The van der Waals surface area contributed by atoms with E-state index in [9.17, 15) is 17.6 Å². The summed E-state index contributed by atoms with van der Waals surface area (Å²) in [6.07, 6.45) is 1.67. The molecule has 1 fully saturated rings. The molecule has 0 spiro atoms. The Morgan fingerprint density at radius 3 is 2.50 bits per heavy atom. The normalized spacial score (nSPS) is 15.4. The number of halogens is 2. The minimum atomic E-state index is -3.63. The van der Waals surface area contributed by atoms with Gasteiger partial charge in [0.15, 0.2) is 0 Å². The second-order valence-corrected chi connectivity index (χ2v) is 8.54. The number of rotatable bonds is 4. The molecule has 2 heterocycles. The van der Waals surface area contributed by atoms with Gasteiger partial charge >= 0.3 is 0 Å². The van der Waals surface area contributed by atoms with E-state index >= 15 is 0 Å². The van der Waals surface area contributed by atoms with Gasteiger partial charge in [0.05, 0.1) is 10.7 Å². The van der Waals surface area contributed by atoms with Crippen molar-refractivity contribution in [1.82, 2.24) is 8.87 Å². The van der Waals surface area contributed by atoms with Crippen LogP contribution in [0.15, 0.2) is 29.2 Å². The van der Waals surface area contributed by atoms with Crippen LogP contribution >= 0.6 is 11.6 Å². The van der Waals surface area contributed by atoms with E-state index in [2.05, 4.69) is 5.32 Å². The molecule has 0 radical (unpaired) electrons. The van der Waals surface area contributed by atoms with Gasteiger partial charge in [-0.1, -0.05) is 11.6 Å². The first-order valence-electron chi connectivity index (χ1n) is 8.14. The lowest BCUT2D eigenvalue weighted by Gasteiger charge is -2.15. The van der Waals surface area contributed by atoms with Gasteiger partial charge in [-0.15, -0.1) is 0 Å². The van der Waals surface area contributed by atoms with Crippen molar-refractivity contribution in [3.8, 4) is 0 Å². The smallest absolute Gasteiger partial charge is 0.272 e. The van der Waals surface area contributed by atoms with E-state index in [-0.39, 0.29) is 21.3 Å². The maximum absolute atomic E-state index is 13.1. The fourth-order valence-electron chi connectivity index (χ4n) is 3.00. The molecule has 9 heteroatoms. The molecule has 3 rings (SSSR count). The fourth-order valence-corrected chi connectivity index (χ4v) is 5.00. The first-order valence-corrected chi connectivity index (χ1v) is 9.96. The van der Waals surface area contributed by atoms with Crippen LogP contribution in [0.2, 0.25) is 5.02 Å². The zero-order valence-electron chi connectivity index (χ0n) is 14.4. The molecule has 1 aliphatic heterocycles. The quantitative estimate of drug-likeness (QED) is 0.858.